The summed E-state index contributed by atoms with van der Waals surface area (Å²) in [6.45, 7) is 8.58. The molecule has 0 bridgehead atoms. The van der Waals surface area contributed by atoms with Crippen LogP contribution in [0.3, 0.4) is 0 Å². The molecule has 2 heteroatoms. The van der Waals surface area contributed by atoms with Gasteiger partial charge in [-0.15, -0.1) is 0 Å². The summed E-state index contributed by atoms with van der Waals surface area (Å²) in [5.74, 6) is 0.985. The van der Waals surface area contributed by atoms with Gasteiger partial charge in [-0.2, -0.15) is 5.26 Å². The van der Waals surface area contributed by atoms with Gasteiger partial charge in [0.15, 0.2) is 0 Å². The Morgan fingerprint density at radius 1 is 1.24 bits per heavy atom. The van der Waals surface area contributed by atoms with Gasteiger partial charge in [0, 0.05) is 5.69 Å². The fourth-order valence-corrected chi connectivity index (χ4v) is 2.08. The van der Waals surface area contributed by atoms with Crippen LogP contribution in [-0.4, -0.2) is 6.04 Å². The highest BCUT2D eigenvalue weighted by Crippen LogP contribution is 2.20. The lowest BCUT2D eigenvalue weighted by Crippen LogP contribution is -2.27. The van der Waals surface area contributed by atoms with Crippen molar-refractivity contribution in [1.82, 2.24) is 0 Å². The van der Waals surface area contributed by atoms with Crippen molar-refractivity contribution in [2.45, 2.75) is 40.2 Å². The molecule has 0 spiro atoms. The number of nitrogens with zero attached hydrogens (tertiary/aromatic N) is 1. The Hall–Kier alpha value is -1.49. The molecule has 2 unspecified atom stereocenters. The minimum atomic E-state index is -0.113. The van der Waals surface area contributed by atoms with Crippen molar-refractivity contribution in [3.63, 3.8) is 0 Å². The van der Waals surface area contributed by atoms with Crippen LogP contribution in [-0.2, 0) is 0 Å². The van der Waals surface area contributed by atoms with Crippen LogP contribution in [0.25, 0.3) is 0 Å². The van der Waals surface area contributed by atoms with Gasteiger partial charge in [-0.1, -0.05) is 39.0 Å². The van der Waals surface area contributed by atoms with Crippen LogP contribution in [0.4, 0.5) is 5.69 Å². The Kier molecular flexibility index (Phi) is 5.03. The van der Waals surface area contributed by atoms with E-state index in [1.54, 1.807) is 0 Å². The second kappa shape index (κ2) is 6.30. The minimum absolute atomic E-state index is 0.113. The summed E-state index contributed by atoms with van der Waals surface area (Å²) in [7, 11) is 0. The van der Waals surface area contributed by atoms with Gasteiger partial charge in [0.1, 0.15) is 6.04 Å². The molecule has 17 heavy (non-hydrogen) atoms. The number of para-hydroxylation sites is 1. The van der Waals surface area contributed by atoms with E-state index in [0.29, 0.717) is 11.8 Å². The Morgan fingerprint density at radius 3 is 2.41 bits per heavy atom. The predicted octanol–water partition coefficient (Wildman–Crippen LogP) is 3.98. The molecule has 1 aromatic carbocycles. The topological polar surface area (TPSA) is 35.8 Å². The van der Waals surface area contributed by atoms with Crippen molar-refractivity contribution in [1.29, 1.82) is 5.26 Å². The molecular weight excluding hydrogens is 208 g/mol. The standard InChI is InChI=1S/C15H22N2/c1-11(2)9-13(4)15(10-16)17-14-8-6-5-7-12(14)3/h5-8,11,13,15,17H,9H2,1-4H3. The Labute approximate surface area is 105 Å². The number of rotatable bonds is 5. The number of hydrogen-bond donors (Lipinski definition) is 1. The first-order valence-electron chi connectivity index (χ1n) is 6.26. The van der Waals surface area contributed by atoms with Crippen molar-refractivity contribution >= 4 is 5.69 Å². The molecule has 0 heterocycles. The summed E-state index contributed by atoms with van der Waals surface area (Å²) in [6, 6.07) is 10.4. The smallest absolute Gasteiger partial charge is 0.117 e. The summed E-state index contributed by atoms with van der Waals surface area (Å²) in [5.41, 5.74) is 2.25. The van der Waals surface area contributed by atoms with Gasteiger partial charge in [0.25, 0.3) is 0 Å². The third-order valence-corrected chi connectivity index (χ3v) is 3.01. The number of nitrogens with one attached hydrogen (secondary N) is 1. The molecule has 1 aromatic rings. The zero-order chi connectivity index (χ0) is 12.8. The SMILES string of the molecule is Cc1ccccc1NC(C#N)C(C)CC(C)C. The highest BCUT2D eigenvalue weighted by molar-refractivity contribution is 5.51. The van der Waals surface area contributed by atoms with Crippen molar-refractivity contribution < 1.29 is 0 Å². The van der Waals surface area contributed by atoms with E-state index in [2.05, 4.69) is 45.1 Å². The van der Waals surface area contributed by atoms with Crippen molar-refractivity contribution in [2.24, 2.45) is 11.8 Å². The maximum atomic E-state index is 9.25. The molecule has 0 saturated carbocycles. The van der Waals surface area contributed by atoms with E-state index in [4.69, 9.17) is 0 Å². The molecule has 92 valence electrons. The molecule has 0 aliphatic rings. The highest BCUT2D eigenvalue weighted by Gasteiger charge is 2.18. The van der Waals surface area contributed by atoms with Gasteiger partial charge in [-0.05, 0) is 36.8 Å². The molecule has 0 radical (unpaired) electrons. The lowest BCUT2D eigenvalue weighted by molar-refractivity contribution is 0.423. The lowest BCUT2D eigenvalue weighted by Gasteiger charge is -2.22. The van der Waals surface area contributed by atoms with E-state index in [0.717, 1.165) is 12.1 Å². The number of benzene rings is 1. The van der Waals surface area contributed by atoms with Crippen LogP contribution < -0.4 is 5.32 Å². The molecule has 0 saturated heterocycles. The van der Waals surface area contributed by atoms with Crippen LogP contribution in [0.2, 0.25) is 0 Å². The molecule has 0 fully saturated rings. The van der Waals surface area contributed by atoms with Crippen LogP contribution in [0.15, 0.2) is 24.3 Å². The van der Waals surface area contributed by atoms with E-state index < -0.39 is 0 Å². The molecular formula is C15H22N2. The number of nitriles is 1. The van der Waals surface area contributed by atoms with E-state index in [1.807, 2.05) is 18.2 Å². The second-order valence-corrected chi connectivity index (χ2v) is 5.17. The fraction of sp³-hybridized carbons (Fsp3) is 0.533. The number of hydrogen-bond acceptors (Lipinski definition) is 2. The third kappa shape index (κ3) is 4.11. The first-order chi connectivity index (χ1) is 8.04. The second-order valence-electron chi connectivity index (χ2n) is 5.17. The molecule has 1 N–H and O–H groups in total. The molecule has 0 aromatic heterocycles. The number of anilines is 1. The zero-order valence-corrected chi connectivity index (χ0v) is 11.2. The minimum Gasteiger partial charge on any atom is -0.369 e. The first-order valence-corrected chi connectivity index (χ1v) is 6.26. The van der Waals surface area contributed by atoms with E-state index >= 15 is 0 Å². The van der Waals surface area contributed by atoms with Gasteiger partial charge in [-0.25, -0.2) is 0 Å². The van der Waals surface area contributed by atoms with Crippen LogP contribution in [0, 0.1) is 30.1 Å². The Morgan fingerprint density at radius 2 is 1.88 bits per heavy atom. The number of aryl methyl sites for hydroxylation is 1. The van der Waals surface area contributed by atoms with Crippen molar-refractivity contribution in [3.8, 4) is 6.07 Å². The summed E-state index contributed by atoms with van der Waals surface area (Å²) in [4.78, 5) is 0. The molecule has 0 amide bonds. The van der Waals surface area contributed by atoms with Crippen LogP contribution >= 0.6 is 0 Å². The van der Waals surface area contributed by atoms with E-state index in [-0.39, 0.29) is 6.04 Å². The fourth-order valence-electron chi connectivity index (χ4n) is 2.08. The van der Waals surface area contributed by atoms with Crippen LogP contribution in [0.1, 0.15) is 32.8 Å². The maximum absolute atomic E-state index is 9.25. The van der Waals surface area contributed by atoms with Gasteiger partial charge in [0.2, 0.25) is 0 Å². The molecule has 0 aliphatic heterocycles. The summed E-state index contributed by atoms with van der Waals surface area (Å²) in [5, 5.41) is 12.6. The van der Waals surface area contributed by atoms with E-state index in [9.17, 15) is 5.26 Å². The largest absolute Gasteiger partial charge is 0.369 e. The summed E-state index contributed by atoms with van der Waals surface area (Å²) < 4.78 is 0. The van der Waals surface area contributed by atoms with Crippen molar-refractivity contribution in [3.05, 3.63) is 29.8 Å². The van der Waals surface area contributed by atoms with E-state index in [1.165, 1.54) is 5.56 Å². The average Bonchev–Trinajstić information content (AvgIpc) is 2.27. The maximum Gasteiger partial charge on any atom is 0.117 e. The monoisotopic (exact) mass is 230 g/mol. The summed E-state index contributed by atoms with van der Waals surface area (Å²) >= 11 is 0. The summed E-state index contributed by atoms with van der Waals surface area (Å²) in [6.07, 6.45) is 1.07. The van der Waals surface area contributed by atoms with Gasteiger partial charge < -0.3 is 5.32 Å². The normalized spacial score (nSPS) is 14.1. The molecule has 0 aliphatic carbocycles. The Balaban J connectivity index is 2.71. The quantitative estimate of drug-likeness (QED) is 0.830. The highest BCUT2D eigenvalue weighted by atomic mass is 14.9. The van der Waals surface area contributed by atoms with Crippen molar-refractivity contribution in [2.75, 3.05) is 5.32 Å². The van der Waals surface area contributed by atoms with Gasteiger partial charge in [0.05, 0.1) is 6.07 Å². The molecule has 2 nitrogen and oxygen atoms in total. The van der Waals surface area contributed by atoms with Gasteiger partial charge >= 0.3 is 0 Å². The van der Waals surface area contributed by atoms with Gasteiger partial charge in [-0.3, -0.25) is 0 Å². The third-order valence-electron chi connectivity index (χ3n) is 3.01. The average molecular weight is 230 g/mol. The molecule has 1 rings (SSSR count). The zero-order valence-electron chi connectivity index (χ0n) is 11.2. The Bertz CT molecular complexity index is 390. The lowest BCUT2D eigenvalue weighted by atomic mass is 9.92. The molecule has 2 atom stereocenters. The first kappa shape index (κ1) is 13.6. The predicted molar refractivity (Wildman–Crippen MR) is 72.8 cm³/mol. The van der Waals surface area contributed by atoms with Crippen LogP contribution in [0.5, 0.6) is 0 Å².